The lowest BCUT2D eigenvalue weighted by Gasteiger charge is -2.50. The van der Waals surface area contributed by atoms with E-state index >= 15 is 0 Å². The lowest BCUT2D eigenvalue weighted by Crippen LogP contribution is -2.67. The highest BCUT2D eigenvalue weighted by atomic mass is 16.8. The van der Waals surface area contributed by atoms with Crippen molar-refractivity contribution in [1.29, 1.82) is 0 Å². The minimum Gasteiger partial charge on any atom is -0.497 e. The molecule has 0 unspecified atom stereocenters. The van der Waals surface area contributed by atoms with Gasteiger partial charge in [-0.25, -0.2) is 14.4 Å². The zero-order valence-corrected chi connectivity index (χ0v) is 46.0. The van der Waals surface area contributed by atoms with Gasteiger partial charge in [-0.2, -0.15) is 0 Å². The summed E-state index contributed by atoms with van der Waals surface area (Å²) in [6, 6.07) is 21.8. The fourth-order valence-corrected chi connectivity index (χ4v) is 8.25. The van der Waals surface area contributed by atoms with E-state index in [1.165, 1.54) is 51.4 Å². The Morgan fingerprint density at radius 2 is 1.25 bits per heavy atom. The van der Waals surface area contributed by atoms with Crippen LogP contribution in [0, 0.1) is 0 Å². The summed E-state index contributed by atoms with van der Waals surface area (Å²) in [5.41, 5.74) is 9.93. The quantitative estimate of drug-likeness (QED) is 0.0112. The number of azide groups is 1. The average molecular weight is 1050 g/mol. The Kier molecular flexibility index (Phi) is 26.3. The van der Waals surface area contributed by atoms with Crippen molar-refractivity contribution in [3.63, 3.8) is 0 Å². The van der Waals surface area contributed by atoms with Crippen LogP contribution in [-0.2, 0) is 55.8 Å². The molecule has 0 bridgehead atoms. The second kappa shape index (κ2) is 31.9. The van der Waals surface area contributed by atoms with Crippen LogP contribution < -0.4 is 9.47 Å². The molecule has 1 heterocycles. The molecule has 1 saturated heterocycles. The molecule has 0 spiro atoms. The third kappa shape index (κ3) is 22.9. The van der Waals surface area contributed by atoms with E-state index in [-0.39, 0.29) is 19.8 Å². The van der Waals surface area contributed by atoms with Crippen LogP contribution >= 0.6 is 0 Å². The third-order valence-electron chi connectivity index (χ3n) is 12.1. The summed E-state index contributed by atoms with van der Waals surface area (Å²) in [6.45, 7) is 13.0. The minimum absolute atomic E-state index is 0.0313. The maximum absolute atomic E-state index is 13.7. The van der Waals surface area contributed by atoms with Crippen LogP contribution in [0.1, 0.15) is 154 Å². The highest BCUT2D eigenvalue weighted by Gasteiger charge is 2.57. The molecule has 3 aromatic rings. The summed E-state index contributed by atoms with van der Waals surface area (Å²) in [5.74, 6) is -1.24. The molecule has 1 aliphatic rings. The molecule has 3 aromatic carbocycles. The molecule has 7 atom stereocenters. The van der Waals surface area contributed by atoms with Crippen molar-refractivity contribution < 1.29 is 66.5 Å². The maximum Gasteiger partial charge on any atom is 0.509 e. The summed E-state index contributed by atoms with van der Waals surface area (Å²) in [4.78, 5) is 43.7. The van der Waals surface area contributed by atoms with Crippen LogP contribution in [0.25, 0.3) is 10.4 Å². The van der Waals surface area contributed by atoms with Crippen molar-refractivity contribution in [1.82, 2.24) is 0 Å². The topological polar surface area (TPSA) is 201 Å². The maximum atomic E-state index is 13.7. The molecule has 0 aromatic heterocycles. The van der Waals surface area contributed by atoms with Gasteiger partial charge in [0.25, 0.3) is 0 Å². The SMILES string of the molecule is CCCCCCCCCCCCCC=C[C@@H](OC(=O)c1ccccc1)[C@H](CO[C@@]1(C)O[C@H](COC(=O)OC(C)(C)C)[C@H](OC(=O)OC(C)(C)C)[C@H](OCc2ccc(OC)cc2)[C@H]1OCc1ccc(OC)cc1)N=[N+]=[N-]. The van der Waals surface area contributed by atoms with Gasteiger partial charge in [0.15, 0.2) is 11.9 Å². The van der Waals surface area contributed by atoms with E-state index in [1.807, 2.05) is 30.3 Å². The first kappa shape index (κ1) is 61.7. The number of esters is 1. The predicted molar refractivity (Wildman–Crippen MR) is 284 cm³/mol. The first-order chi connectivity index (χ1) is 35.9. The van der Waals surface area contributed by atoms with Gasteiger partial charge in [0.1, 0.15) is 59.8 Å². The van der Waals surface area contributed by atoms with Crippen molar-refractivity contribution in [3.8, 4) is 11.5 Å². The molecule has 75 heavy (non-hydrogen) atoms. The van der Waals surface area contributed by atoms with Crippen molar-refractivity contribution in [2.24, 2.45) is 5.11 Å². The van der Waals surface area contributed by atoms with Gasteiger partial charge in [-0.1, -0.05) is 125 Å². The number of unbranched alkanes of at least 4 members (excludes halogenated alkanes) is 11. The number of carbonyl (C=O) groups excluding carboxylic acids is 3. The number of carbonyl (C=O) groups is 3. The normalized spacial score (nSPS) is 19.5. The van der Waals surface area contributed by atoms with Gasteiger partial charge in [-0.3, -0.25) is 0 Å². The number of hydrogen-bond donors (Lipinski definition) is 0. The average Bonchev–Trinajstić information content (AvgIpc) is 3.37. The van der Waals surface area contributed by atoms with Crippen LogP contribution in [0.5, 0.6) is 11.5 Å². The minimum atomic E-state index is -1.87. The lowest BCUT2D eigenvalue weighted by atomic mass is 9.92. The highest BCUT2D eigenvalue weighted by Crippen LogP contribution is 2.39. The zero-order valence-electron chi connectivity index (χ0n) is 46.0. The number of benzene rings is 3. The Bertz CT molecular complexity index is 2210. The second-order valence-electron chi connectivity index (χ2n) is 20.8. The molecule has 0 amide bonds. The van der Waals surface area contributed by atoms with E-state index < -0.39 is 78.4 Å². The molecular weight excluding hydrogens is 963 g/mol. The van der Waals surface area contributed by atoms with E-state index in [0.717, 1.165) is 30.4 Å². The number of hydrogen-bond acceptors (Lipinski definition) is 15. The third-order valence-corrected chi connectivity index (χ3v) is 12.1. The Labute approximate surface area is 444 Å². The van der Waals surface area contributed by atoms with Gasteiger partial charge in [-0.15, -0.1) is 0 Å². The highest BCUT2D eigenvalue weighted by molar-refractivity contribution is 5.89. The van der Waals surface area contributed by atoms with Gasteiger partial charge in [-0.05, 0) is 120 Å². The second-order valence-corrected chi connectivity index (χ2v) is 20.8. The van der Waals surface area contributed by atoms with Gasteiger partial charge in [0, 0.05) is 4.91 Å². The monoisotopic (exact) mass is 1050 g/mol. The van der Waals surface area contributed by atoms with E-state index in [9.17, 15) is 19.9 Å². The van der Waals surface area contributed by atoms with Crippen LogP contribution in [0.4, 0.5) is 9.59 Å². The largest absolute Gasteiger partial charge is 0.509 e. The number of methoxy groups -OCH3 is 2. The molecule has 0 aliphatic carbocycles. The molecule has 17 nitrogen and oxygen atoms in total. The fourth-order valence-electron chi connectivity index (χ4n) is 8.25. The van der Waals surface area contributed by atoms with E-state index in [2.05, 4.69) is 16.9 Å². The lowest BCUT2D eigenvalue weighted by molar-refractivity contribution is -0.371. The summed E-state index contributed by atoms with van der Waals surface area (Å²) >= 11 is 0. The number of allylic oxidation sites excluding steroid dienone is 1. The number of ether oxygens (including phenoxy) is 11. The summed E-state index contributed by atoms with van der Waals surface area (Å²) < 4.78 is 66.9. The van der Waals surface area contributed by atoms with E-state index in [4.69, 9.17) is 52.1 Å². The van der Waals surface area contributed by atoms with Crippen molar-refractivity contribution in [3.05, 3.63) is 118 Å². The molecule has 1 fully saturated rings. The van der Waals surface area contributed by atoms with Gasteiger partial charge >= 0.3 is 18.3 Å². The van der Waals surface area contributed by atoms with E-state index in [1.54, 1.807) is 123 Å². The molecule has 17 heteroatoms. The molecule has 414 valence electrons. The number of nitrogens with zero attached hydrogens (tertiary/aromatic N) is 3. The number of rotatable bonds is 31. The standard InChI is InChI=1S/C58H83N3O14/c1-11-12-13-14-15-16-17-18-19-20-21-22-26-29-48(71-53(62)44-27-24-23-25-28-44)47(60-61-59)40-70-58(8)52(68-39-43-32-36-46(66-10)37-33-43)51(67-38-42-30-34-45(65-9)35-31-42)50(72-55(64)75-57(5,6)7)49(73-58)41-69-54(63)74-56(2,3)4/h23-37,47-52H,11-22,38-41H2,1-10H3/t47-,48+,49+,50-,51-,52+,58-/m0/s1. The van der Waals surface area contributed by atoms with Crippen LogP contribution in [0.2, 0.25) is 0 Å². The molecule has 0 N–H and O–H groups in total. The van der Waals surface area contributed by atoms with Crippen LogP contribution in [0.15, 0.2) is 96.1 Å². The first-order valence-electron chi connectivity index (χ1n) is 26.4. The summed E-state index contributed by atoms with van der Waals surface area (Å²) in [5, 5.41) is 4.12. The molecule has 0 radical (unpaired) electrons. The Morgan fingerprint density at radius 3 is 1.79 bits per heavy atom. The molecular formula is C58H83N3O14. The van der Waals surface area contributed by atoms with Crippen LogP contribution in [-0.4, -0.2) is 99.3 Å². The van der Waals surface area contributed by atoms with Crippen molar-refractivity contribution in [2.45, 2.75) is 199 Å². The summed E-state index contributed by atoms with van der Waals surface area (Å²) in [6.07, 6.45) is 9.26. The Hall–Kier alpha value is -5.84. The zero-order chi connectivity index (χ0) is 54.7. The van der Waals surface area contributed by atoms with Gasteiger partial charge in [0.05, 0.1) is 39.6 Å². The molecule has 0 saturated carbocycles. The molecule has 1 aliphatic heterocycles. The smallest absolute Gasteiger partial charge is 0.497 e. The fraction of sp³-hybridized carbons (Fsp3) is 0.603. The van der Waals surface area contributed by atoms with E-state index in [0.29, 0.717) is 23.5 Å². The summed E-state index contributed by atoms with van der Waals surface area (Å²) in [7, 11) is 3.13. The first-order valence-corrected chi connectivity index (χ1v) is 26.4. The Morgan fingerprint density at radius 1 is 0.720 bits per heavy atom. The predicted octanol–water partition coefficient (Wildman–Crippen LogP) is 13.7. The Balaban J connectivity index is 1.73. The van der Waals surface area contributed by atoms with Gasteiger partial charge < -0.3 is 52.1 Å². The molecule has 4 rings (SSSR count). The van der Waals surface area contributed by atoms with Crippen LogP contribution in [0.3, 0.4) is 0 Å². The van der Waals surface area contributed by atoms with Crippen molar-refractivity contribution >= 4 is 18.3 Å². The van der Waals surface area contributed by atoms with Gasteiger partial charge in [0.2, 0.25) is 0 Å². The van der Waals surface area contributed by atoms with Crippen molar-refractivity contribution in [2.75, 3.05) is 27.4 Å².